The van der Waals surface area contributed by atoms with Crippen LogP contribution in [-0.4, -0.2) is 34.1 Å². The number of rotatable bonds is 7. The molecule has 0 saturated heterocycles. The standard InChI is InChI=1S/C19H24N2O4S/c1-13-5-10-18(14(2)11-13)19(22)20-16-6-8-17(9-7-16)26(23,24)21-15(3)12-25-4/h5-11,15,21H,12H2,1-4H3,(H,20,22). The van der Waals surface area contributed by atoms with Crippen molar-refractivity contribution >= 4 is 21.6 Å². The first-order chi connectivity index (χ1) is 12.2. The van der Waals surface area contributed by atoms with Crippen molar-refractivity contribution in [1.82, 2.24) is 4.72 Å². The summed E-state index contributed by atoms with van der Waals surface area (Å²) in [5, 5.41) is 2.78. The molecule has 1 unspecified atom stereocenters. The second kappa shape index (κ2) is 8.44. The van der Waals surface area contributed by atoms with Gasteiger partial charge in [-0.1, -0.05) is 17.7 Å². The van der Waals surface area contributed by atoms with E-state index in [2.05, 4.69) is 10.0 Å². The van der Waals surface area contributed by atoms with Crippen LogP contribution in [0.2, 0.25) is 0 Å². The lowest BCUT2D eigenvalue weighted by atomic mass is 10.1. The van der Waals surface area contributed by atoms with Gasteiger partial charge in [0.25, 0.3) is 5.91 Å². The van der Waals surface area contributed by atoms with Gasteiger partial charge in [0.15, 0.2) is 0 Å². The van der Waals surface area contributed by atoms with Gasteiger partial charge in [0.1, 0.15) is 0 Å². The van der Waals surface area contributed by atoms with Crippen molar-refractivity contribution < 1.29 is 17.9 Å². The molecule has 2 aromatic rings. The Morgan fingerprint density at radius 2 is 1.77 bits per heavy atom. The second-order valence-electron chi connectivity index (χ2n) is 6.27. The number of methoxy groups -OCH3 is 1. The lowest BCUT2D eigenvalue weighted by Gasteiger charge is -2.14. The average Bonchev–Trinajstić information content (AvgIpc) is 2.54. The minimum atomic E-state index is -3.63. The molecule has 0 aliphatic carbocycles. The summed E-state index contributed by atoms with van der Waals surface area (Å²) < 4.78 is 32.1. The topological polar surface area (TPSA) is 84.5 Å². The fourth-order valence-corrected chi connectivity index (χ4v) is 3.83. The summed E-state index contributed by atoms with van der Waals surface area (Å²) in [6.07, 6.45) is 0. The Labute approximate surface area is 154 Å². The number of aryl methyl sites for hydroxylation is 2. The van der Waals surface area contributed by atoms with Crippen LogP contribution in [-0.2, 0) is 14.8 Å². The third-order valence-electron chi connectivity index (χ3n) is 3.82. The van der Waals surface area contributed by atoms with Crippen LogP contribution in [0.15, 0.2) is 47.4 Å². The molecule has 0 fully saturated rings. The number of nitrogens with one attached hydrogen (secondary N) is 2. The second-order valence-corrected chi connectivity index (χ2v) is 7.99. The van der Waals surface area contributed by atoms with Crippen molar-refractivity contribution in [3.8, 4) is 0 Å². The van der Waals surface area contributed by atoms with Gasteiger partial charge in [0.05, 0.1) is 11.5 Å². The maximum atomic E-state index is 12.4. The molecule has 2 rings (SSSR count). The van der Waals surface area contributed by atoms with Crippen molar-refractivity contribution in [3.63, 3.8) is 0 Å². The summed E-state index contributed by atoms with van der Waals surface area (Å²) in [6.45, 7) is 5.85. The van der Waals surface area contributed by atoms with Gasteiger partial charge in [-0.05, 0) is 56.7 Å². The molecule has 2 aromatic carbocycles. The predicted molar refractivity (Wildman–Crippen MR) is 102 cm³/mol. The van der Waals surface area contributed by atoms with Crippen molar-refractivity contribution in [1.29, 1.82) is 0 Å². The van der Waals surface area contributed by atoms with Gasteiger partial charge in [-0.15, -0.1) is 0 Å². The van der Waals surface area contributed by atoms with Crippen LogP contribution in [0.25, 0.3) is 0 Å². The lowest BCUT2D eigenvalue weighted by Crippen LogP contribution is -2.35. The van der Waals surface area contributed by atoms with Crippen LogP contribution in [0, 0.1) is 13.8 Å². The third kappa shape index (κ3) is 5.14. The van der Waals surface area contributed by atoms with Crippen molar-refractivity contribution in [2.45, 2.75) is 31.7 Å². The molecule has 0 aliphatic heterocycles. The molecule has 0 bridgehead atoms. The van der Waals surface area contributed by atoms with Gasteiger partial charge in [-0.25, -0.2) is 13.1 Å². The number of carbonyl (C=O) groups is 1. The highest BCUT2D eigenvalue weighted by molar-refractivity contribution is 7.89. The van der Waals surface area contributed by atoms with Crippen LogP contribution < -0.4 is 10.0 Å². The number of hydrogen-bond acceptors (Lipinski definition) is 4. The molecular weight excluding hydrogens is 352 g/mol. The fraction of sp³-hybridized carbons (Fsp3) is 0.316. The predicted octanol–water partition coefficient (Wildman–Crippen LogP) is 2.87. The Hall–Kier alpha value is -2.22. The Morgan fingerprint density at radius 3 is 2.35 bits per heavy atom. The molecule has 1 atom stereocenters. The third-order valence-corrected chi connectivity index (χ3v) is 5.43. The van der Waals surface area contributed by atoms with Crippen molar-refractivity contribution in [2.75, 3.05) is 19.0 Å². The SMILES string of the molecule is COCC(C)NS(=O)(=O)c1ccc(NC(=O)c2ccc(C)cc2C)cc1. The minimum absolute atomic E-state index is 0.130. The van der Waals surface area contributed by atoms with E-state index in [1.165, 1.54) is 19.2 Å². The summed E-state index contributed by atoms with van der Waals surface area (Å²) in [4.78, 5) is 12.5. The molecule has 0 radical (unpaired) electrons. The minimum Gasteiger partial charge on any atom is -0.383 e. The average molecular weight is 376 g/mol. The lowest BCUT2D eigenvalue weighted by molar-refractivity contribution is 0.102. The molecule has 1 amide bonds. The molecule has 0 aromatic heterocycles. The van der Waals surface area contributed by atoms with E-state index in [9.17, 15) is 13.2 Å². The molecule has 26 heavy (non-hydrogen) atoms. The van der Waals surface area contributed by atoms with Gasteiger partial charge in [-0.2, -0.15) is 0 Å². The molecule has 7 heteroatoms. The molecule has 140 valence electrons. The smallest absolute Gasteiger partial charge is 0.255 e. The van der Waals surface area contributed by atoms with E-state index in [-0.39, 0.29) is 23.5 Å². The normalized spacial score (nSPS) is 12.6. The maximum Gasteiger partial charge on any atom is 0.255 e. The summed E-state index contributed by atoms with van der Waals surface area (Å²) in [7, 11) is -2.12. The Bertz CT molecular complexity index is 877. The molecule has 0 heterocycles. The van der Waals surface area contributed by atoms with Gasteiger partial charge < -0.3 is 10.1 Å². The summed E-state index contributed by atoms with van der Waals surface area (Å²) in [6, 6.07) is 11.3. The van der Waals surface area contributed by atoms with Gasteiger partial charge in [0, 0.05) is 24.4 Å². The molecule has 0 aliphatic rings. The van der Waals surface area contributed by atoms with Gasteiger partial charge in [-0.3, -0.25) is 4.79 Å². The largest absolute Gasteiger partial charge is 0.383 e. The first kappa shape index (κ1) is 20.1. The van der Waals surface area contributed by atoms with E-state index in [1.807, 2.05) is 26.0 Å². The number of anilines is 1. The van der Waals surface area contributed by atoms with Crippen LogP contribution in [0.5, 0.6) is 0 Å². The van der Waals surface area contributed by atoms with Crippen molar-refractivity contribution in [2.24, 2.45) is 0 Å². The van der Waals surface area contributed by atoms with E-state index in [1.54, 1.807) is 25.1 Å². The zero-order valence-electron chi connectivity index (χ0n) is 15.4. The highest BCUT2D eigenvalue weighted by atomic mass is 32.2. The van der Waals surface area contributed by atoms with Gasteiger partial charge in [0.2, 0.25) is 10.0 Å². The molecule has 6 nitrogen and oxygen atoms in total. The molecule has 0 saturated carbocycles. The first-order valence-corrected chi connectivity index (χ1v) is 9.71. The van der Waals surface area contributed by atoms with Crippen molar-refractivity contribution in [3.05, 3.63) is 59.2 Å². The quantitative estimate of drug-likeness (QED) is 0.778. The van der Waals surface area contributed by atoms with E-state index >= 15 is 0 Å². The Kier molecular flexibility index (Phi) is 6.52. The van der Waals surface area contributed by atoms with Crippen LogP contribution in [0.1, 0.15) is 28.4 Å². The fourth-order valence-electron chi connectivity index (χ4n) is 2.60. The number of benzene rings is 2. The Balaban J connectivity index is 2.10. The zero-order chi connectivity index (χ0) is 19.3. The number of hydrogen-bond donors (Lipinski definition) is 2. The zero-order valence-corrected chi connectivity index (χ0v) is 16.2. The Morgan fingerprint density at radius 1 is 1.12 bits per heavy atom. The highest BCUT2D eigenvalue weighted by Gasteiger charge is 2.17. The maximum absolute atomic E-state index is 12.4. The number of carbonyl (C=O) groups excluding carboxylic acids is 1. The van der Waals surface area contributed by atoms with E-state index in [0.29, 0.717) is 11.3 Å². The van der Waals surface area contributed by atoms with E-state index < -0.39 is 10.0 Å². The van der Waals surface area contributed by atoms with E-state index in [0.717, 1.165) is 11.1 Å². The van der Waals surface area contributed by atoms with E-state index in [4.69, 9.17) is 4.74 Å². The number of sulfonamides is 1. The molecular formula is C19H24N2O4S. The first-order valence-electron chi connectivity index (χ1n) is 8.23. The van der Waals surface area contributed by atoms with Gasteiger partial charge >= 0.3 is 0 Å². The summed E-state index contributed by atoms with van der Waals surface area (Å²) in [5.41, 5.74) is 3.09. The summed E-state index contributed by atoms with van der Waals surface area (Å²) >= 11 is 0. The summed E-state index contributed by atoms with van der Waals surface area (Å²) in [5.74, 6) is -0.232. The number of amides is 1. The van der Waals surface area contributed by atoms with Crippen LogP contribution >= 0.6 is 0 Å². The molecule has 2 N–H and O–H groups in total. The number of ether oxygens (including phenoxy) is 1. The van der Waals surface area contributed by atoms with Crippen LogP contribution in [0.4, 0.5) is 5.69 Å². The molecule has 0 spiro atoms. The van der Waals surface area contributed by atoms with Crippen LogP contribution in [0.3, 0.4) is 0 Å². The highest BCUT2D eigenvalue weighted by Crippen LogP contribution is 2.17. The monoisotopic (exact) mass is 376 g/mol.